The van der Waals surface area contributed by atoms with Gasteiger partial charge < -0.3 is 35.6 Å². The van der Waals surface area contributed by atoms with Crippen LogP contribution in [0.25, 0.3) is 0 Å². The Balaban J connectivity index is 0.000000329. The SMILES string of the molecule is CNC(=O)C1CC(NC=O)CN1C(=O)C(NC(=O)CN(C)C(=O)OC(C)(C)C)C1CCCCC1.O=C(O)C1CCC1.c1ccc2c(c1)CCCC2. The minimum Gasteiger partial charge on any atom is -0.481 e. The number of hydrogen-bond donors (Lipinski definition) is 4. The number of ether oxygens (including phenoxy) is 1. The zero-order valence-electron chi connectivity index (χ0n) is 31.1. The molecular formula is C38H59N5O8. The molecule has 4 N–H and O–H groups in total. The summed E-state index contributed by atoms with van der Waals surface area (Å²) in [7, 11) is 2.96. The third-order valence-electron chi connectivity index (χ3n) is 9.94. The summed E-state index contributed by atoms with van der Waals surface area (Å²) in [6, 6.07) is 6.91. The number of nitrogens with zero attached hydrogens (tertiary/aromatic N) is 2. The molecule has 0 aromatic heterocycles. The van der Waals surface area contributed by atoms with Gasteiger partial charge in [0.15, 0.2) is 0 Å². The van der Waals surface area contributed by atoms with E-state index in [4.69, 9.17) is 9.84 Å². The molecule has 1 aromatic carbocycles. The van der Waals surface area contributed by atoms with Crippen molar-refractivity contribution < 1.29 is 38.6 Å². The second-order valence-electron chi connectivity index (χ2n) is 15.1. The van der Waals surface area contributed by atoms with Crippen LogP contribution in [0.4, 0.5) is 4.79 Å². The van der Waals surface area contributed by atoms with Crippen LogP contribution >= 0.6 is 0 Å². The number of fused-ring (bicyclic) bond motifs is 1. The molecule has 1 saturated heterocycles. The summed E-state index contributed by atoms with van der Waals surface area (Å²) in [6.45, 7) is 5.14. The minimum atomic E-state index is -0.818. The van der Waals surface area contributed by atoms with E-state index < -0.39 is 35.7 Å². The van der Waals surface area contributed by atoms with Crippen molar-refractivity contribution in [1.82, 2.24) is 25.8 Å². The number of carbonyl (C=O) groups is 6. The molecule has 2 saturated carbocycles. The number of nitrogens with one attached hydrogen (secondary N) is 3. The van der Waals surface area contributed by atoms with Crippen molar-refractivity contribution in [2.45, 2.75) is 128 Å². The average molecular weight is 714 g/mol. The highest BCUT2D eigenvalue weighted by Gasteiger charge is 2.43. The summed E-state index contributed by atoms with van der Waals surface area (Å²) in [4.78, 5) is 74.8. The molecule has 0 radical (unpaired) electrons. The first-order valence-corrected chi connectivity index (χ1v) is 18.5. The number of rotatable bonds is 9. The molecule has 4 aliphatic rings. The smallest absolute Gasteiger partial charge is 0.410 e. The Kier molecular flexibility index (Phi) is 16.2. The van der Waals surface area contributed by atoms with Crippen LogP contribution in [0.1, 0.15) is 103 Å². The van der Waals surface area contributed by atoms with E-state index >= 15 is 0 Å². The summed E-state index contributed by atoms with van der Waals surface area (Å²) in [5.41, 5.74) is 2.46. The number of carbonyl (C=O) groups excluding carboxylic acids is 5. The Labute approximate surface area is 302 Å². The standard InChI is InChI=1S/C23H39N5O6.C10H12.C5H8O2/c1-23(2,3)34-22(33)27(5)13-18(30)26-19(15-9-7-6-8-10-15)21(32)28-12-16(25-14-29)11-17(28)20(31)24-4;1-2-6-10-8-4-3-7-9(10)5-1;6-5(7)4-2-1-3-4/h14-17,19H,6-13H2,1-5H3,(H,24,31)(H,25,29)(H,26,30);1-2,5-6H,3-4,7-8H2;4H,1-3H2,(H,6,7). The molecule has 0 bridgehead atoms. The number of carboxylic acid groups (broad SMARTS) is 1. The van der Waals surface area contributed by atoms with Gasteiger partial charge in [-0.3, -0.25) is 24.0 Å². The zero-order chi connectivity index (χ0) is 37.6. The van der Waals surface area contributed by atoms with Crippen LogP contribution in [0.15, 0.2) is 24.3 Å². The second-order valence-corrected chi connectivity index (χ2v) is 15.1. The van der Waals surface area contributed by atoms with Crippen LogP contribution in [0, 0.1) is 11.8 Å². The van der Waals surface area contributed by atoms with Crippen LogP contribution in [0.5, 0.6) is 0 Å². The number of aliphatic carboxylic acids is 1. The molecule has 5 rings (SSSR count). The van der Waals surface area contributed by atoms with Gasteiger partial charge in [0.1, 0.15) is 24.2 Å². The molecule has 13 heteroatoms. The predicted octanol–water partition coefficient (Wildman–Crippen LogP) is 3.82. The fourth-order valence-electron chi connectivity index (χ4n) is 6.91. The fourth-order valence-corrected chi connectivity index (χ4v) is 6.91. The molecule has 1 aromatic rings. The van der Waals surface area contributed by atoms with E-state index in [2.05, 4.69) is 40.2 Å². The maximum absolute atomic E-state index is 13.7. The summed E-state index contributed by atoms with van der Waals surface area (Å²) >= 11 is 0. The van der Waals surface area contributed by atoms with E-state index in [1.165, 1.54) is 44.7 Å². The highest BCUT2D eigenvalue weighted by atomic mass is 16.6. The molecule has 5 amide bonds. The van der Waals surface area contributed by atoms with Gasteiger partial charge in [-0.05, 0) is 95.6 Å². The number of amides is 5. The number of hydrogen-bond acceptors (Lipinski definition) is 7. The van der Waals surface area contributed by atoms with Gasteiger partial charge in [-0.2, -0.15) is 0 Å². The van der Waals surface area contributed by atoms with Gasteiger partial charge in [0.2, 0.25) is 24.1 Å². The number of aryl methyl sites for hydroxylation is 2. The molecule has 284 valence electrons. The van der Waals surface area contributed by atoms with E-state index in [0.29, 0.717) is 12.8 Å². The number of carboxylic acids is 1. The van der Waals surface area contributed by atoms with Crippen LogP contribution in [0.2, 0.25) is 0 Å². The van der Waals surface area contributed by atoms with Crippen molar-refractivity contribution in [3.63, 3.8) is 0 Å². The van der Waals surface area contributed by atoms with Crippen molar-refractivity contribution in [1.29, 1.82) is 0 Å². The van der Waals surface area contributed by atoms with Gasteiger partial charge in [-0.1, -0.05) is 49.9 Å². The summed E-state index contributed by atoms with van der Waals surface area (Å²) < 4.78 is 5.29. The maximum Gasteiger partial charge on any atom is 0.410 e. The van der Waals surface area contributed by atoms with Crippen molar-refractivity contribution in [3.05, 3.63) is 35.4 Å². The Morgan fingerprint density at radius 2 is 1.57 bits per heavy atom. The van der Waals surface area contributed by atoms with Gasteiger partial charge in [0, 0.05) is 26.7 Å². The summed E-state index contributed by atoms with van der Waals surface area (Å²) in [6.07, 6.45) is 13.1. The molecular weight excluding hydrogens is 654 g/mol. The second kappa shape index (κ2) is 20.0. The predicted molar refractivity (Wildman–Crippen MR) is 193 cm³/mol. The van der Waals surface area contributed by atoms with E-state index in [9.17, 15) is 28.8 Å². The normalized spacial score (nSPS) is 20.7. The Morgan fingerprint density at radius 3 is 2.04 bits per heavy atom. The Morgan fingerprint density at radius 1 is 0.961 bits per heavy atom. The Hall–Kier alpha value is -4.16. The lowest BCUT2D eigenvalue weighted by molar-refractivity contribution is -0.144. The topological polar surface area (TPSA) is 174 Å². The molecule has 3 aliphatic carbocycles. The van der Waals surface area contributed by atoms with Crippen molar-refractivity contribution in [3.8, 4) is 0 Å². The first-order valence-electron chi connectivity index (χ1n) is 18.5. The lowest BCUT2D eigenvalue weighted by Crippen LogP contribution is -2.57. The lowest BCUT2D eigenvalue weighted by Gasteiger charge is -2.34. The zero-order valence-corrected chi connectivity index (χ0v) is 31.1. The van der Waals surface area contributed by atoms with E-state index in [-0.39, 0.29) is 42.8 Å². The maximum atomic E-state index is 13.7. The van der Waals surface area contributed by atoms with E-state index in [0.717, 1.165) is 56.3 Å². The van der Waals surface area contributed by atoms with Crippen molar-refractivity contribution >= 4 is 36.2 Å². The van der Waals surface area contributed by atoms with Gasteiger partial charge in [0.05, 0.1) is 5.92 Å². The molecule has 3 fully saturated rings. The molecule has 3 atom stereocenters. The summed E-state index contributed by atoms with van der Waals surface area (Å²) in [5, 5.41) is 16.3. The highest BCUT2D eigenvalue weighted by Crippen LogP contribution is 2.30. The first kappa shape index (κ1) is 41.3. The van der Waals surface area contributed by atoms with Crippen molar-refractivity contribution in [2.24, 2.45) is 11.8 Å². The molecule has 3 unspecified atom stereocenters. The highest BCUT2D eigenvalue weighted by molar-refractivity contribution is 5.93. The average Bonchev–Trinajstić information content (AvgIpc) is 3.50. The van der Waals surface area contributed by atoms with Crippen LogP contribution in [0.3, 0.4) is 0 Å². The van der Waals surface area contributed by atoms with Crippen LogP contribution in [-0.2, 0) is 41.6 Å². The quantitative estimate of drug-likeness (QED) is 0.280. The van der Waals surface area contributed by atoms with E-state index in [1.54, 1.807) is 31.9 Å². The van der Waals surface area contributed by atoms with Gasteiger partial charge in [0.25, 0.3) is 0 Å². The fraction of sp³-hybridized carbons (Fsp3) is 0.684. The monoisotopic (exact) mass is 713 g/mol. The molecule has 51 heavy (non-hydrogen) atoms. The molecule has 1 aliphatic heterocycles. The number of likely N-dealkylation sites (tertiary alicyclic amines) is 1. The third-order valence-corrected chi connectivity index (χ3v) is 9.94. The van der Waals surface area contributed by atoms with Gasteiger partial charge in [-0.15, -0.1) is 0 Å². The number of benzene rings is 1. The van der Waals surface area contributed by atoms with Crippen LogP contribution < -0.4 is 16.0 Å². The largest absolute Gasteiger partial charge is 0.481 e. The Bertz CT molecular complexity index is 1310. The minimum absolute atomic E-state index is 0.000000000000000444. The van der Waals surface area contributed by atoms with Crippen molar-refractivity contribution in [2.75, 3.05) is 27.2 Å². The van der Waals surface area contributed by atoms with E-state index in [1.807, 2.05) is 0 Å². The molecule has 13 nitrogen and oxygen atoms in total. The third kappa shape index (κ3) is 13.2. The van der Waals surface area contributed by atoms with Gasteiger partial charge in [-0.25, -0.2) is 4.79 Å². The van der Waals surface area contributed by atoms with Crippen LogP contribution in [-0.4, -0.2) is 102 Å². The molecule has 0 spiro atoms. The number of likely N-dealkylation sites (N-methyl/N-ethyl adjacent to an activating group) is 2. The summed E-state index contributed by atoms with van der Waals surface area (Å²) in [5.74, 6) is -1.83. The van der Waals surface area contributed by atoms with Gasteiger partial charge >= 0.3 is 12.1 Å². The first-order chi connectivity index (χ1) is 24.2. The lowest BCUT2D eigenvalue weighted by atomic mass is 9.83. The molecule has 1 heterocycles.